The Morgan fingerprint density at radius 1 is 1.40 bits per heavy atom. The second-order valence-electron chi connectivity index (χ2n) is 6.80. The molecular formula is C16H28N4. The van der Waals surface area contributed by atoms with E-state index in [1.807, 2.05) is 10.9 Å². The minimum atomic E-state index is 0.631. The van der Waals surface area contributed by atoms with Gasteiger partial charge in [-0.2, -0.15) is 5.10 Å². The molecule has 20 heavy (non-hydrogen) atoms. The van der Waals surface area contributed by atoms with Gasteiger partial charge in [0, 0.05) is 50.0 Å². The first-order chi connectivity index (χ1) is 9.67. The van der Waals surface area contributed by atoms with E-state index in [-0.39, 0.29) is 0 Å². The number of hydrogen-bond donors (Lipinski definition) is 1. The maximum atomic E-state index is 4.41. The summed E-state index contributed by atoms with van der Waals surface area (Å²) in [4.78, 5) is 2.70. The van der Waals surface area contributed by atoms with Crippen LogP contribution in [0.1, 0.15) is 39.2 Å². The second kappa shape index (κ2) is 5.86. The van der Waals surface area contributed by atoms with Crippen molar-refractivity contribution in [3.8, 4) is 0 Å². The van der Waals surface area contributed by atoms with Crippen molar-refractivity contribution >= 4 is 0 Å². The molecule has 1 aromatic heterocycles. The number of hydrogen-bond acceptors (Lipinski definition) is 3. The Bertz CT molecular complexity index is 435. The summed E-state index contributed by atoms with van der Waals surface area (Å²) in [5, 5.41) is 8.17. The molecule has 0 bridgehead atoms. The summed E-state index contributed by atoms with van der Waals surface area (Å²) >= 11 is 0. The monoisotopic (exact) mass is 276 g/mol. The van der Waals surface area contributed by atoms with Crippen LogP contribution >= 0.6 is 0 Å². The topological polar surface area (TPSA) is 33.1 Å². The number of aromatic nitrogens is 2. The molecular weight excluding hydrogens is 248 g/mol. The zero-order valence-electron chi connectivity index (χ0n) is 13.0. The SMILES string of the molecule is CCn1cc(CN2CC(C(C)C)NCC2C2CC2)cn1. The molecule has 3 rings (SSSR count). The van der Waals surface area contributed by atoms with Gasteiger partial charge in [0.15, 0.2) is 0 Å². The standard InChI is InChI=1S/C16H28N4/c1-4-20-10-13(7-18-20)9-19-11-15(12(2)3)17-8-16(19)14-5-6-14/h7,10,12,14-17H,4-6,8-9,11H2,1-3H3. The highest BCUT2D eigenvalue weighted by molar-refractivity contribution is 5.06. The van der Waals surface area contributed by atoms with Crippen LogP contribution in [0.5, 0.6) is 0 Å². The number of piperazine rings is 1. The molecule has 0 spiro atoms. The lowest BCUT2D eigenvalue weighted by Gasteiger charge is -2.42. The lowest BCUT2D eigenvalue weighted by atomic mass is 9.97. The van der Waals surface area contributed by atoms with Crippen molar-refractivity contribution in [1.29, 1.82) is 0 Å². The molecule has 2 unspecified atom stereocenters. The molecule has 2 atom stereocenters. The van der Waals surface area contributed by atoms with Gasteiger partial charge in [0.2, 0.25) is 0 Å². The van der Waals surface area contributed by atoms with Gasteiger partial charge in [-0.05, 0) is 31.6 Å². The smallest absolute Gasteiger partial charge is 0.0534 e. The first kappa shape index (κ1) is 14.1. The summed E-state index contributed by atoms with van der Waals surface area (Å²) in [5.41, 5.74) is 1.36. The van der Waals surface area contributed by atoms with Gasteiger partial charge in [-0.1, -0.05) is 13.8 Å². The Morgan fingerprint density at radius 2 is 2.20 bits per heavy atom. The van der Waals surface area contributed by atoms with Crippen molar-refractivity contribution in [3.05, 3.63) is 18.0 Å². The van der Waals surface area contributed by atoms with Crippen LogP contribution in [0.3, 0.4) is 0 Å². The zero-order valence-corrected chi connectivity index (χ0v) is 13.0. The van der Waals surface area contributed by atoms with E-state index in [0.29, 0.717) is 12.0 Å². The van der Waals surface area contributed by atoms with Crippen LogP contribution < -0.4 is 5.32 Å². The number of aryl methyl sites for hydroxylation is 1. The summed E-state index contributed by atoms with van der Waals surface area (Å²) in [6, 6.07) is 1.36. The van der Waals surface area contributed by atoms with E-state index < -0.39 is 0 Å². The number of nitrogens with one attached hydrogen (secondary N) is 1. The number of rotatable bonds is 5. The van der Waals surface area contributed by atoms with Gasteiger partial charge in [-0.3, -0.25) is 9.58 Å². The van der Waals surface area contributed by atoms with Crippen LogP contribution in [0.25, 0.3) is 0 Å². The third-order valence-electron chi connectivity index (χ3n) is 4.86. The summed E-state index contributed by atoms with van der Waals surface area (Å²) in [5.74, 6) is 1.63. The van der Waals surface area contributed by atoms with E-state index in [1.165, 1.54) is 24.9 Å². The first-order valence-electron chi connectivity index (χ1n) is 8.16. The van der Waals surface area contributed by atoms with E-state index in [2.05, 4.69) is 42.3 Å². The van der Waals surface area contributed by atoms with Crippen molar-refractivity contribution in [2.45, 2.75) is 58.8 Å². The van der Waals surface area contributed by atoms with Crippen molar-refractivity contribution in [1.82, 2.24) is 20.0 Å². The third kappa shape index (κ3) is 3.07. The van der Waals surface area contributed by atoms with E-state index in [9.17, 15) is 0 Å². The minimum Gasteiger partial charge on any atom is -0.311 e. The number of nitrogens with zero attached hydrogens (tertiary/aromatic N) is 3. The molecule has 2 fully saturated rings. The van der Waals surface area contributed by atoms with Gasteiger partial charge in [-0.25, -0.2) is 0 Å². The molecule has 0 aromatic carbocycles. The van der Waals surface area contributed by atoms with Crippen LogP contribution in [-0.2, 0) is 13.1 Å². The van der Waals surface area contributed by atoms with Crippen molar-refractivity contribution in [2.75, 3.05) is 13.1 Å². The molecule has 4 nitrogen and oxygen atoms in total. The van der Waals surface area contributed by atoms with E-state index in [1.54, 1.807) is 0 Å². The third-order valence-corrected chi connectivity index (χ3v) is 4.86. The molecule has 1 aliphatic heterocycles. The van der Waals surface area contributed by atoms with Gasteiger partial charge in [0.05, 0.1) is 6.20 Å². The normalized spacial score (nSPS) is 28.2. The van der Waals surface area contributed by atoms with Gasteiger partial charge in [-0.15, -0.1) is 0 Å². The molecule has 0 amide bonds. The Hall–Kier alpha value is -0.870. The molecule has 1 N–H and O–H groups in total. The summed E-state index contributed by atoms with van der Waals surface area (Å²) in [6.45, 7) is 11.1. The highest BCUT2D eigenvalue weighted by Crippen LogP contribution is 2.37. The highest BCUT2D eigenvalue weighted by Gasteiger charge is 2.39. The fraction of sp³-hybridized carbons (Fsp3) is 0.812. The Balaban J connectivity index is 1.68. The first-order valence-corrected chi connectivity index (χ1v) is 8.16. The molecule has 112 valence electrons. The van der Waals surface area contributed by atoms with Crippen LogP contribution in [0.15, 0.2) is 12.4 Å². The summed E-state index contributed by atoms with van der Waals surface area (Å²) in [6.07, 6.45) is 7.09. The lowest BCUT2D eigenvalue weighted by molar-refractivity contribution is 0.0926. The predicted molar refractivity (Wildman–Crippen MR) is 81.5 cm³/mol. The largest absolute Gasteiger partial charge is 0.311 e. The van der Waals surface area contributed by atoms with Crippen LogP contribution in [0.4, 0.5) is 0 Å². The van der Waals surface area contributed by atoms with Gasteiger partial charge >= 0.3 is 0 Å². The van der Waals surface area contributed by atoms with E-state index in [0.717, 1.165) is 31.6 Å². The van der Waals surface area contributed by atoms with Crippen LogP contribution in [0.2, 0.25) is 0 Å². The van der Waals surface area contributed by atoms with Crippen molar-refractivity contribution in [3.63, 3.8) is 0 Å². The maximum Gasteiger partial charge on any atom is 0.0534 e. The van der Waals surface area contributed by atoms with Crippen LogP contribution in [-0.4, -0.2) is 39.9 Å². The fourth-order valence-electron chi connectivity index (χ4n) is 3.32. The zero-order chi connectivity index (χ0) is 14.1. The summed E-state index contributed by atoms with van der Waals surface area (Å²) in [7, 11) is 0. The minimum absolute atomic E-state index is 0.631. The predicted octanol–water partition coefficient (Wildman–Crippen LogP) is 2.11. The summed E-state index contributed by atoms with van der Waals surface area (Å²) < 4.78 is 2.03. The maximum absolute atomic E-state index is 4.41. The Labute approximate surface area is 122 Å². The van der Waals surface area contributed by atoms with Gasteiger partial charge < -0.3 is 5.32 Å². The second-order valence-corrected chi connectivity index (χ2v) is 6.80. The van der Waals surface area contributed by atoms with Gasteiger partial charge in [0.1, 0.15) is 0 Å². The van der Waals surface area contributed by atoms with E-state index in [4.69, 9.17) is 0 Å². The fourth-order valence-corrected chi connectivity index (χ4v) is 3.32. The molecule has 1 aromatic rings. The molecule has 4 heteroatoms. The highest BCUT2D eigenvalue weighted by atomic mass is 15.3. The molecule has 0 radical (unpaired) electrons. The molecule has 2 aliphatic rings. The Morgan fingerprint density at radius 3 is 2.80 bits per heavy atom. The molecule has 1 aliphatic carbocycles. The van der Waals surface area contributed by atoms with E-state index >= 15 is 0 Å². The quantitative estimate of drug-likeness (QED) is 0.894. The molecule has 1 saturated heterocycles. The average molecular weight is 276 g/mol. The molecule has 2 heterocycles. The van der Waals surface area contributed by atoms with Crippen molar-refractivity contribution < 1.29 is 0 Å². The average Bonchev–Trinajstić information content (AvgIpc) is 3.18. The van der Waals surface area contributed by atoms with Gasteiger partial charge in [0.25, 0.3) is 0 Å². The molecule has 1 saturated carbocycles. The van der Waals surface area contributed by atoms with Crippen molar-refractivity contribution in [2.24, 2.45) is 11.8 Å². The lowest BCUT2D eigenvalue weighted by Crippen LogP contribution is -2.58. The Kier molecular flexibility index (Phi) is 4.13. The van der Waals surface area contributed by atoms with Crippen LogP contribution in [0, 0.1) is 11.8 Å².